The van der Waals surface area contributed by atoms with Crippen molar-refractivity contribution >= 4 is 56.1 Å². The number of nitrogens with zero attached hydrogens (tertiary/aromatic N) is 4. The second-order valence-electron chi connectivity index (χ2n) is 7.29. The number of amidine groups is 1. The van der Waals surface area contributed by atoms with Gasteiger partial charge in [-0.05, 0) is 65.7 Å². The minimum atomic E-state index is -4.63. The highest BCUT2D eigenvalue weighted by Gasteiger charge is 2.35. The van der Waals surface area contributed by atoms with Crippen molar-refractivity contribution in [2.45, 2.75) is 11.1 Å². The van der Waals surface area contributed by atoms with Crippen LogP contribution >= 0.6 is 34.7 Å². The molecule has 2 aromatic carbocycles. The molecule has 0 saturated carbocycles. The topological polar surface area (TPSA) is 88.7 Å². The van der Waals surface area contributed by atoms with E-state index < -0.39 is 21.9 Å². The summed E-state index contributed by atoms with van der Waals surface area (Å²) < 4.78 is 70.6. The second kappa shape index (κ2) is 11.1. The molecule has 7 nitrogen and oxygen atoms in total. The molecule has 0 aliphatic heterocycles. The highest BCUT2D eigenvalue weighted by molar-refractivity contribution is 8.13. The molecule has 0 spiro atoms. The summed E-state index contributed by atoms with van der Waals surface area (Å²) in [6.07, 6.45) is -1.52. The number of sulfonamides is 1. The highest BCUT2D eigenvalue weighted by Crippen LogP contribution is 2.35. The van der Waals surface area contributed by atoms with Crippen LogP contribution in [-0.4, -0.2) is 35.8 Å². The summed E-state index contributed by atoms with van der Waals surface area (Å²) >= 11 is 8.15. The summed E-state index contributed by atoms with van der Waals surface area (Å²) in [4.78, 5) is 0.436. The zero-order valence-electron chi connectivity index (χ0n) is 18.8. The summed E-state index contributed by atoms with van der Waals surface area (Å²) in [5, 5.41) is 10.0. The number of benzene rings is 2. The molecule has 2 heterocycles. The van der Waals surface area contributed by atoms with Gasteiger partial charge < -0.3 is 0 Å². The van der Waals surface area contributed by atoms with Crippen molar-refractivity contribution in [1.29, 1.82) is 0 Å². The molecule has 0 atom stereocenters. The Hall–Kier alpha value is -3.13. The van der Waals surface area contributed by atoms with Gasteiger partial charge in [0, 0.05) is 5.02 Å². The van der Waals surface area contributed by atoms with E-state index >= 15 is 0 Å². The summed E-state index contributed by atoms with van der Waals surface area (Å²) in [6, 6.07) is 16.5. The standard InChI is InChI=1S/C23H17ClF3N5O2S3/c1-35-22(29-28-14-15-4-6-16(24)7-5-15)31-37(33,34)18-10-8-17(9-11-18)32-19(20-3-2-12-36-20)13-21(30-32)23(25,26)27/h2-14H,1H3,(H,29,31)/b28-14+. The van der Waals surface area contributed by atoms with Crippen LogP contribution in [0, 0.1) is 0 Å². The van der Waals surface area contributed by atoms with Gasteiger partial charge in [0.1, 0.15) is 0 Å². The first kappa shape index (κ1) is 26.9. The van der Waals surface area contributed by atoms with Crippen molar-refractivity contribution in [3.05, 3.63) is 88.4 Å². The van der Waals surface area contributed by atoms with Gasteiger partial charge in [0.25, 0.3) is 10.0 Å². The summed E-state index contributed by atoms with van der Waals surface area (Å²) in [6.45, 7) is 0. The molecule has 0 aliphatic rings. The Morgan fingerprint density at radius 2 is 1.84 bits per heavy atom. The maximum Gasteiger partial charge on any atom is 0.435 e. The number of aromatic nitrogens is 2. The molecule has 0 aliphatic carbocycles. The van der Waals surface area contributed by atoms with Crippen LogP contribution in [0.3, 0.4) is 0 Å². The number of thioether (sulfide) groups is 1. The van der Waals surface area contributed by atoms with Crippen LogP contribution in [0.15, 0.2) is 86.5 Å². The molecule has 4 rings (SSSR count). The van der Waals surface area contributed by atoms with Gasteiger partial charge in [-0.25, -0.2) is 4.68 Å². The highest BCUT2D eigenvalue weighted by atomic mass is 35.5. The van der Waals surface area contributed by atoms with E-state index in [-0.39, 0.29) is 21.4 Å². The van der Waals surface area contributed by atoms with E-state index in [4.69, 9.17) is 11.6 Å². The van der Waals surface area contributed by atoms with Gasteiger partial charge in [0.15, 0.2) is 10.9 Å². The van der Waals surface area contributed by atoms with Crippen LogP contribution in [-0.2, 0) is 16.2 Å². The van der Waals surface area contributed by atoms with Crippen LogP contribution in [0.1, 0.15) is 11.3 Å². The molecule has 4 aromatic rings. The van der Waals surface area contributed by atoms with Crippen LogP contribution < -0.4 is 5.43 Å². The van der Waals surface area contributed by atoms with E-state index in [1.54, 1.807) is 48.0 Å². The molecule has 0 bridgehead atoms. The largest absolute Gasteiger partial charge is 0.435 e. The Kier molecular flexibility index (Phi) is 8.07. The molecule has 0 unspecified atom stereocenters. The predicted molar refractivity (Wildman–Crippen MR) is 142 cm³/mol. The Bertz CT molecular complexity index is 1530. The molecule has 0 radical (unpaired) electrons. The van der Waals surface area contributed by atoms with Crippen molar-refractivity contribution in [2.24, 2.45) is 9.50 Å². The maximum absolute atomic E-state index is 13.3. The third-order valence-electron chi connectivity index (χ3n) is 4.79. The van der Waals surface area contributed by atoms with Crippen LogP contribution in [0.25, 0.3) is 16.3 Å². The monoisotopic (exact) mass is 583 g/mol. The number of hydrazone groups is 1. The van der Waals surface area contributed by atoms with Gasteiger partial charge >= 0.3 is 6.18 Å². The molecule has 1 N–H and O–H groups in total. The quantitative estimate of drug-likeness (QED) is 0.163. The molecule has 2 aromatic heterocycles. The third kappa shape index (κ3) is 6.60. The van der Waals surface area contributed by atoms with Crippen molar-refractivity contribution in [1.82, 2.24) is 15.2 Å². The molecule has 14 heteroatoms. The van der Waals surface area contributed by atoms with E-state index in [2.05, 4.69) is 20.0 Å². The molecule has 192 valence electrons. The Morgan fingerprint density at radius 3 is 2.43 bits per heavy atom. The maximum atomic E-state index is 13.3. The lowest BCUT2D eigenvalue weighted by atomic mass is 10.2. The minimum Gasteiger partial charge on any atom is -0.255 e. The molecule has 0 fully saturated rings. The second-order valence-corrected chi connectivity index (χ2v) is 11.1. The SMILES string of the molecule is CS/C(=N\S(=O)(=O)c1ccc(-n2nc(C(F)(F)F)cc2-c2cccs2)cc1)N/N=C/c1ccc(Cl)cc1. The molecule has 0 saturated heterocycles. The third-order valence-corrected chi connectivity index (χ3v) is 7.91. The zero-order chi connectivity index (χ0) is 26.6. The molecular formula is C23H17ClF3N5O2S3. The van der Waals surface area contributed by atoms with Crippen LogP contribution in [0.5, 0.6) is 0 Å². The molecular weight excluding hydrogens is 567 g/mol. The van der Waals surface area contributed by atoms with E-state index in [0.29, 0.717) is 9.90 Å². The van der Waals surface area contributed by atoms with Gasteiger partial charge in [-0.15, -0.1) is 15.7 Å². The summed E-state index contributed by atoms with van der Waals surface area (Å²) in [7, 11) is -4.14. The number of rotatable bonds is 6. The Morgan fingerprint density at radius 1 is 1.14 bits per heavy atom. The smallest absolute Gasteiger partial charge is 0.255 e. The number of thiophene rings is 1. The van der Waals surface area contributed by atoms with Crippen LogP contribution in [0.4, 0.5) is 13.2 Å². The fraction of sp³-hybridized carbons (Fsp3) is 0.0870. The average Bonchev–Trinajstić information content (AvgIpc) is 3.55. The van der Waals surface area contributed by atoms with Gasteiger partial charge in [-0.1, -0.05) is 41.6 Å². The lowest BCUT2D eigenvalue weighted by molar-refractivity contribution is -0.141. The summed E-state index contributed by atoms with van der Waals surface area (Å²) in [5.74, 6) is 0. The van der Waals surface area contributed by atoms with Crippen molar-refractivity contribution in [3.63, 3.8) is 0 Å². The first-order valence-corrected chi connectivity index (χ1v) is 14.2. The van der Waals surface area contributed by atoms with Gasteiger partial charge in [0.05, 0.1) is 27.4 Å². The van der Waals surface area contributed by atoms with E-state index in [9.17, 15) is 21.6 Å². The van der Waals surface area contributed by atoms with E-state index in [1.165, 1.54) is 41.8 Å². The normalized spacial score (nSPS) is 12.8. The number of alkyl halides is 3. The first-order valence-electron chi connectivity index (χ1n) is 10.3. The number of hydrogen-bond acceptors (Lipinski definition) is 6. The fourth-order valence-electron chi connectivity index (χ4n) is 3.05. The predicted octanol–water partition coefficient (Wildman–Crippen LogP) is 6.30. The van der Waals surface area contributed by atoms with Gasteiger partial charge in [0.2, 0.25) is 0 Å². The lowest BCUT2D eigenvalue weighted by Crippen LogP contribution is -2.16. The lowest BCUT2D eigenvalue weighted by Gasteiger charge is -2.08. The minimum absolute atomic E-state index is 0.0242. The Labute approximate surface area is 223 Å². The Balaban J connectivity index is 1.58. The molecule has 37 heavy (non-hydrogen) atoms. The fourth-order valence-corrected chi connectivity index (χ4v) is 5.49. The van der Waals surface area contributed by atoms with Gasteiger partial charge in [-0.3, -0.25) is 5.43 Å². The van der Waals surface area contributed by atoms with Crippen LogP contribution in [0.2, 0.25) is 5.02 Å². The number of nitrogens with one attached hydrogen (secondary N) is 1. The van der Waals surface area contributed by atoms with E-state index in [1.807, 2.05) is 0 Å². The van der Waals surface area contributed by atoms with E-state index in [0.717, 1.165) is 28.1 Å². The number of hydrogen-bond donors (Lipinski definition) is 1. The number of halogens is 4. The molecule has 0 amide bonds. The zero-order valence-corrected chi connectivity index (χ0v) is 22.1. The van der Waals surface area contributed by atoms with Crippen molar-refractivity contribution in [3.8, 4) is 16.3 Å². The van der Waals surface area contributed by atoms with Crippen molar-refractivity contribution < 1.29 is 21.6 Å². The van der Waals surface area contributed by atoms with Crippen molar-refractivity contribution in [2.75, 3.05) is 6.26 Å². The van der Waals surface area contributed by atoms with Gasteiger partial charge in [-0.2, -0.15) is 31.8 Å². The average molecular weight is 584 g/mol. The summed E-state index contributed by atoms with van der Waals surface area (Å²) in [5.41, 5.74) is 2.78. The first-order chi connectivity index (χ1) is 17.6.